The number of aliphatic hydroxyl groups is 1. The van der Waals surface area contributed by atoms with E-state index < -0.39 is 0 Å². The fourth-order valence-electron chi connectivity index (χ4n) is 4.37. The summed E-state index contributed by atoms with van der Waals surface area (Å²) in [5, 5.41) is 12.4. The highest BCUT2D eigenvalue weighted by atomic mass is 16.7. The highest BCUT2D eigenvalue weighted by Gasteiger charge is 2.34. The lowest BCUT2D eigenvalue weighted by atomic mass is 9.85. The molecule has 0 radical (unpaired) electrons. The van der Waals surface area contributed by atoms with Gasteiger partial charge in [0, 0.05) is 23.6 Å². The monoisotopic (exact) mass is 379 g/mol. The Morgan fingerprint density at radius 3 is 2.50 bits per heavy atom. The summed E-state index contributed by atoms with van der Waals surface area (Å²) in [5.74, 6) is 2.81. The van der Waals surface area contributed by atoms with Crippen LogP contribution in [0.4, 0.5) is 5.69 Å². The van der Waals surface area contributed by atoms with Crippen molar-refractivity contribution in [1.29, 1.82) is 0 Å². The molecule has 0 unspecified atom stereocenters. The molecule has 0 spiro atoms. The first-order valence-electron chi connectivity index (χ1n) is 9.13. The van der Waals surface area contributed by atoms with E-state index in [4.69, 9.17) is 18.9 Å². The topological polar surface area (TPSA) is 60.4 Å². The Kier molecular flexibility index (Phi) is 3.77. The second-order valence-electron chi connectivity index (χ2n) is 6.96. The van der Waals surface area contributed by atoms with Crippen molar-refractivity contribution >= 4 is 16.5 Å². The molecule has 3 aromatic rings. The van der Waals surface area contributed by atoms with Gasteiger partial charge in [0.2, 0.25) is 6.79 Å². The van der Waals surface area contributed by atoms with Gasteiger partial charge in [-0.3, -0.25) is 0 Å². The average Bonchev–Trinajstić information content (AvgIpc) is 3.18. The van der Waals surface area contributed by atoms with E-state index in [0.29, 0.717) is 11.5 Å². The summed E-state index contributed by atoms with van der Waals surface area (Å²) < 4.78 is 22.3. The number of ether oxygens (including phenoxy) is 4. The number of methoxy groups -OCH3 is 2. The first kappa shape index (κ1) is 17.0. The van der Waals surface area contributed by atoms with E-state index in [0.717, 1.165) is 44.6 Å². The fourth-order valence-corrected chi connectivity index (χ4v) is 4.37. The normalized spacial score (nSPS) is 16.7. The first-order chi connectivity index (χ1) is 13.7. The Balaban J connectivity index is 1.84. The van der Waals surface area contributed by atoms with Crippen LogP contribution in [-0.4, -0.2) is 39.8 Å². The molecule has 6 heteroatoms. The van der Waals surface area contributed by atoms with Crippen LogP contribution in [0, 0.1) is 0 Å². The van der Waals surface area contributed by atoms with Gasteiger partial charge in [-0.05, 0) is 35.2 Å². The first-order valence-corrected chi connectivity index (χ1v) is 9.13. The molecule has 1 atom stereocenters. The standard InChI is InChI=1S/C22H21NO5/c1-23-16(10-24)20-13(6-7-17(25-2)22(20)26-3)14-5-4-12-8-18-19(28-11-27-18)9-15(12)21(14)23/h4-9,16,24H,10-11H2,1-3H3/t16-/m0/s1. The fraction of sp³-hybridized carbons (Fsp3) is 0.273. The molecule has 5 rings (SSSR count). The SMILES string of the molecule is COc1ccc2c(c1OC)[C@H](CO)N(C)c1c-2ccc2cc3c(cc12)OCO3. The van der Waals surface area contributed by atoms with Crippen molar-refractivity contribution in [2.24, 2.45) is 0 Å². The second kappa shape index (κ2) is 6.21. The number of rotatable bonds is 3. The third-order valence-corrected chi connectivity index (χ3v) is 5.69. The molecule has 144 valence electrons. The van der Waals surface area contributed by atoms with Crippen LogP contribution in [0.15, 0.2) is 36.4 Å². The molecule has 6 nitrogen and oxygen atoms in total. The van der Waals surface area contributed by atoms with Crippen molar-refractivity contribution in [2.45, 2.75) is 6.04 Å². The largest absolute Gasteiger partial charge is 0.493 e. The van der Waals surface area contributed by atoms with E-state index in [2.05, 4.69) is 17.0 Å². The summed E-state index contributed by atoms with van der Waals surface area (Å²) >= 11 is 0. The lowest BCUT2D eigenvalue weighted by Gasteiger charge is -2.38. The summed E-state index contributed by atoms with van der Waals surface area (Å²) in [5.41, 5.74) is 4.09. The van der Waals surface area contributed by atoms with Crippen molar-refractivity contribution in [3.05, 3.63) is 42.0 Å². The van der Waals surface area contributed by atoms with Crippen LogP contribution < -0.4 is 23.8 Å². The highest BCUT2D eigenvalue weighted by molar-refractivity contribution is 6.05. The van der Waals surface area contributed by atoms with Crippen molar-refractivity contribution in [1.82, 2.24) is 0 Å². The average molecular weight is 379 g/mol. The zero-order valence-electron chi connectivity index (χ0n) is 16.0. The van der Waals surface area contributed by atoms with E-state index in [-0.39, 0.29) is 19.4 Å². The number of likely N-dealkylation sites (N-methyl/N-ethyl adjacent to an activating group) is 1. The molecule has 0 saturated heterocycles. The molecule has 28 heavy (non-hydrogen) atoms. The smallest absolute Gasteiger partial charge is 0.231 e. The zero-order valence-corrected chi connectivity index (χ0v) is 16.0. The molecule has 2 aliphatic heterocycles. The van der Waals surface area contributed by atoms with Gasteiger partial charge >= 0.3 is 0 Å². The van der Waals surface area contributed by atoms with Crippen LogP contribution in [-0.2, 0) is 0 Å². The van der Waals surface area contributed by atoms with Crippen LogP contribution in [0.25, 0.3) is 21.9 Å². The molecule has 3 aromatic carbocycles. The van der Waals surface area contributed by atoms with Gasteiger partial charge in [0.15, 0.2) is 23.0 Å². The third-order valence-electron chi connectivity index (χ3n) is 5.69. The van der Waals surface area contributed by atoms with E-state index in [1.165, 1.54) is 0 Å². The van der Waals surface area contributed by atoms with E-state index in [9.17, 15) is 5.11 Å². The Morgan fingerprint density at radius 1 is 1.04 bits per heavy atom. The molecule has 1 N–H and O–H groups in total. The highest BCUT2D eigenvalue weighted by Crippen LogP contribution is 2.53. The number of anilines is 1. The minimum Gasteiger partial charge on any atom is -0.493 e. The maximum atomic E-state index is 10.3. The Morgan fingerprint density at radius 2 is 1.79 bits per heavy atom. The quantitative estimate of drug-likeness (QED) is 0.748. The molecule has 0 bridgehead atoms. The van der Waals surface area contributed by atoms with Crippen molar-refractivity contribution < 1.29 is 24.1 Å². The van der Waals surface area contributed by atoms with Gasteiger partial charge in [-0.1, -0.05) is 12.1 Å². The second-order valence-corrected chi connectivity index (χ2v) is 6.96. The lowest BCUT2D eigenvalue weighted by molar-refractivity contribution is 0.174. The zero-order chi connectivity index (χ0) is 19.4. The van der Waals surface area contributed by atoms with E-state index >= 15 is 0 Å². The molecular weight excluding hydrogens is 358 g/mol. The maximum absolute atomic E-state index is 10.3. The number of aliphatic hydroxyl groups excluding tert-OH is 1. The van der Waals surface area contributed by atoms with Gasteiger partial charge in [-0.15, -0.1) is 0 Å². The molecule has 0 saturated carbocycles. The maximum Gasteiger partial charge on any atom is 0.231 e. The van der Waals surface area contributed by atoms with Crippen LogP contribution in [0.5, 0.6) is 23.0 Å². The van der Waals surface area contributed by atoms with Crippen molar-refractivity contribution in [2.75, 3.05) is 39.6 Å². The van der Waals surface area contributed by atoms with Gasteiger partial charge in [-0.25, -0.2) is 0 Å². The number of nitrogens with zero attached hydrogens (tertiary/aromatic N) is 1. The van der Waals surface area contributed by atoms with Crippen LogP contribution in [0.2, 0.25) is 0 Å². The molecule has 0 aliphatic carbocycles. The lowest BCUT2D eigenvalue weighted by Crippen LogP contribution is -2.31. The summed E-state index contributed by atoms with van der Waals surface area (Å²) in [4.78, 5) is 2.10. The Bertz CT molecular complexity index is 1090. The molecular formula is C22H21NO5. The molecule has 0 aromatic heterocycles. The molecule has 0 fully saturated rings. The summed E-state index contributed by atoms with van der Waals surface area (Å²) in [6.45, 7) is 0.191. The summed E-state index contributed by atoms with van der Waals surface area (Å²) in [6.07, 6.45) is 0. The van der Waals surface area contributed by atoms with Gasteiger partial charge in [0.05, 0.1) is 32.6 Å². The van der Waals surface area contributed by atoms with Gasteiger partial charge in [0.1, 0.15) is 0 Å². The third kappa shape index (κ3) is 2.18. The Hall–Kier alpha value is -3.12. The number of hydrogen-bond donors (Lipinski definition) is 1. The molecule has 0 amide bonds. The van der Waals surface area contributed by atoms with E-state index in [1.807, 2.05) is 31.3 Å². The molecule has 2 heterocycles. The number of fused-ring (bicyclic) bond motifs is 6. The number of benzene rings is 3. The minimum atomic E-state index is -0.261. The Labute approximate surface area is 162 Å². The summed E-state index contributed by atoms with van der Waals surface area (Å²) in [7, 11) is 5.24. The van der Waals surface area contributed by atoms with Gasteiger partial charge in [0.25, 0.3) is 0 Å². The van der Waals surface area contributed by atoms with Crippen molar-refractivity contribution in [3.63, 3.8) is 0 Å². The minimum absolute atomic E-state index is 0.0482. The van der Waals surface area contributed by atoms with Crippen LogP contribution in [0.3, 0.4) is 0 Å². The van der Waals surface area contributed by atoms with Crippen LogP contribution in [0.1, 0.15) is 11.6 Å². The van der Waals surface area contributed by atoms with Crippen LogP contribution >= 0.6 is 0 Å². The number of hydrogen-bond acceptors (Lipinski definition) is 6. The predicted molar refractivity (Wildman–Crippen MR) is 107 cm³/mol. The predicted octanol–water partition coefficient (Wildman–Crippen LogP) is 3.74. The van der Waals surface area contributed by atoms with E-state index in [1.54, 1.807) is 14.2 Å². The van der Waals surface area contributed by atoms with Gasteiger partial charge in [-0.2, -0.15) is 0 Å². The summed E-state index contributed by atoms with van der Waals surface area (Å²) in [6, 6.07) is 11.9. The molecule has 2 aliphatic rings. The van der Waals surface area contributed by atoms with Gasteiger partial charge < -0.3 is 29.0 Å². The van der Waals surface area contributed by atoms with Crippen molar-refractivity contribution in [3.8, 4) is 34.1 Å².